The average Bonchev–Trinajstić information content (AvgIpc) is 1.35. The van der Waals surface area contributed by atoms with E-state index in [0.29, 0.717) is 0 Å². The summed E-state index contributed by atoms with van der Waals surface area (Å²) in [6, 6.07) is 0. The van der Waals surface area contributed by atoms with Crippen LogP contribution in [0.25, 0.3) is 0 Å². The van der Waals surface area contributed by atoms with E-state index >= 15 is 0 Å². The molecule has 0 aliphatic rings. The van der Waals surface area contributed by atoms with Gasteiger partial charge in [0.15, 0.2) is 0 Å². The van der Waals surface area contributed by atoms with Crippen LogP contribution in [0, 0.1) is 0 Å². The Morgan fingerprint density at radius 3 is 2.50 bits per heavy atom. The molecule has 0 radical (unpaired) electrons. The zero-order valence-corrected chi connectivity index (χ0v) is 2.84. The molecule has 4 N–H and O–H groups in total. The minimum absolute atomic E-state index is 1.31. The van der Waals surface area contributed by atoms with E-state index in [1.165, 1.54) is 5.48 Å². The van der Waals surface area contributed by atoms with Gasteiger partial charge in [-0.05, 0) is 0 Å². The highest BCUT2D eigenvalue weighted by atomic mass is 16.8. The van der Waals surface area contributed by atoms with E-state index in [4.69, 9.17) is 5.11 Å². The van der Waals surface area contributed by atoms with Gasteiger partial charge in [-0.2, -0.15) is 16.3 Å². The third kappa shape index (κ3) is 3.19. The quantitative estimate of drug-likeness (QED) is 0.364. The largest absolute Gasteiger partial charge is 0.464 e. The van der Waals surface area contributed by atoms with E-state index in [2.05, 4.69) is 10.8 Å². The summed E-state index contributed by atoms with van der Waals surface area (Å²) >= 11 is 0. The Morgan fingerprint density at radius 1 is 2.00 bits per heavy atom. The summed E-state index contributed by atoms with van der Waals surface area (Å²) in [5.41, 5.74) is 1.40. The van der Waals surface area contributed by atoms with Crippen LogP contribution in [0.15, 0.2) is 0 Å². The smallest absolute Gasteiger partial charge is 0.430 e. The lowest BCUT2D eigenvalue weighted by Crippen LogP contribution is -2.24. The number of nitrogens with one attached hydrogen (secondary N) is 1. The molecule has 0 rings (SSSR count). The molecule has 0 spiro atoms. The van der Waals surface area contributed by atoms with Crippen molar-refractivity contribution in [2.45, 2.75) is 0 Å². The first-order valence-corrected chi connectivity index (χ1v) is 1.12. The van der Waals surface area contributed by atoms with Gasteiger partial charge in [-0.1, -0.05) is 0 Å². The maximum atomic E-state index is 9.28. The lowest BCUT2D eigenvalue weighted by molar-refractivity contribution is 0.0423. The van der Waals surface area contributed by atoms with Gasteiger partial charge in [-0.3, -0.25) is 0 Å². The molecule has 5 heteroatoms. The predicted molar refractivity (Wildman–Crippen MR) is 16.4 cm³/mol. The molecule has 6 heavy (non-hydrogen) atoms. The normalized spacial score (nSPS) is 7.50. The summed E-state index contributed by atoms with van der Waals surface area (Å²) in [5.74, 6) is 4.24. The highest BCUT2D eigenvalue weighted by Gasteiger charge is 1.84. The van der Waals surface area contributed by atoms with Gasteiger partial charge >= 0.3 is 6.09 Å². The first-order chi connectivity index (χ1) is 2.77. The van der Waals surface area contributed by atoms with Crippen LogP contribution >= 0.6 is 0 Å². The highest BCUT2D eigenvalue weighted by molar-refractivity contribution is 5.62. The van der Waals surface area contributed by atoms with Crippen LogP contribution in [0.1, 0.15) is 0 Å². The number of hydrogen-bond donors (Lipinski definition) is 3. The van der Waals surface area contributed by atoms with Crippen molar-refractivity contribution in [3.05, 3.63) is 0 Å². The minimum Gasteiger partial charge on any atom is -0.464 e. The van der Waals surface area contributed by atoms with Crippen LogP contribution in [0.4, 0.5) is 4.79 Å². The van der Waals surface area contributed by atoms with Crippen molar-refractivity contribution in [1.82, 2.24) is 5.48 Å². The molecule has 0 saturated carbocycles. The fourth-order valence-corrected chi connectivity index (χ4v) is 0.0504. The molecule has 0 unspecified atom stereocenters. The number of rotatable bonds is 1. The summed E-state index contributed by atoms with van der Waals surface area (Å²) in [6.07, 6.45) is -1.31. The van der Waals surface area contributed by atoms with Gasteiger partial charge in [-0.25, -0.2) is 4.79 Å². The van der Waals surface area contributed by atoms with Crippen molar-refractivity contribution >= 4 is 6.09 Å². The number of hydroxylamine groups is 1. The Labute approximate surface area is 33.6 Å². The van der Waals surface area contributed by atoms with Gasteiger partial charge in [0, 0.05) is 0 Å². The molecule has 0 atom stereocenters. The Morgan fingerprint density at radius 2 is 2.50 bits per heavy atom. The maximum absolute atomic E-state index is 9.28. The van der Waals surface area contributed by atoms with E-state index in [1.807, 2.05) is 0 Å². The first-order valence-electron chi connectivity index (χ1n) is 1.12. The van der Waals surface area contributed by atoms with Gasteiger partial charge in [0.1, 0.15) is 0 Å². The third-order valence-electron chi connectivity index (χ3n) is 0.146. The molecule has 1 amide bonds. The molecule has 0 aromatic rings. The number of carboxylic acid groups (broad SMARTS) is 1. The average molecular weight is 92.1 g/mol. The molecule has 0 aromatic heterocycles. The number of nitrogens with two attached hydrogens (primary N) is 1. The zero-order chi connectivity index (χ0) is 4.99. The number of carbonyl (C=O) groups is 1. The summed E-state index contributed by atoms with van der Waals surface area (Å²) in [5, 5.41) is 7.60. The minimum atomic E-state index is -1.31. The molecule has 0 fully saturated rings. The van der Waals surface area contributed by atoms with Gasteiger partial charge < -0.3 is 5.11 Å². The van der Waals surface area contributed by atoms with Crippen LogP contribution in [0.3, 0.4) is 0 Å². The second-order valence-corrected chi connectivity index (χ2v) is 0.525. The van der Waals surface area contributed by atoms with E-state index in [9.17, 15) is 4.79 Å². The lowest BCUT2D eigenvalue weighted by atomic mass is 11.3. The summed E-state index contributed by atoms with van der Waals surface area (Å²) in [4.78, 5) is 12.7. The van der Waals surface area contributed by atoms with E-state index in [1.54, 1.807) is 0 Å². The fraction of sp³-hybridized carbons (Fsp3) is 0. The zero-order valence-electron chi connectivity index (χ0n) is 2.84. The van der Waals surface area contributed by atoms with Crippen LogP contribution in [-0.4, -0.2) is 11.2 Å². The SMILES string of the molecule is NONC(=O)O. The molecule has 0 saturated heterocycles. The van der Waals surface area contributed by atoms with Gasteiger partial charge in [0.25, 0.3) is 0 Å². The van der Waals surface area contributed by atoms with Gasteiger partial charge in [0.05, 0.1) is 0 Å². The molecule has 0 aliphatic carbocycles. The molecular weight excluding hydrogens is 88.0 g/mol. The molecular formula is CH4N2O3. The first kappa shape index (κ1) is 5.19. The molecule has 0 bridgehead atoms. The molecule has 5 nitrogen and oxygen atoms in total. The molecule has 0 aliphatic heterocycles. The fourth-order valence-electron chi connectivity index (χ4n) is 0.0504. The highest BCUT2D eigenvalue weighted by Crippen LogP contribution is 1.51. The predicted octanol–water partition coefficient (Wildman–Crippen LogP) is -0.941. The van der Waals surface area contributed by atoms with Crippen LogP contribution in [-0.2, 0) is 4.94 Å². The van der Waals surface area contributed by atoms with Gasteiger partial charge in [0.2, 0.25) is 0 Å². The Balaban J connectivity index is 2.83. The van der Waals surface area contributed by atoms with Crippen molar-refractivity contribution < 1.29 is 14.8 Å². The summed E-state index contributed by atoms with van der Waals surface area (Å²) < 4.78 is 0. The third-order valence-corrected chi connectivity index (χ3v) is 0.146. The summed E-state index contributed by atoms with van der Waals surface area (Å²) in [6.45, 7) is 0. The molecule has 0 heterocycles. The Bertz CT molecular complexity index is 52.8. The standard InChI is InChI=1S/CH4N2O3/c2-6-3-1(4)5/h3H,2H2,(H,4,5). The number of hydrogen-bond acceptors (Lipinski definition) is 3. The second-order valence-electron chi connectivity index (χ2n) is 0.525. The van der Waals surface area contributed by atoms with Crippen molar-refractivity contribution in [3.63, 3.8) is 0 Å². The second kappa shape index (κ2) is 2.43. The van der Waals surface area contributed by atoms with Crippen molar-refractivity contribution in [3.8, 4) is 0 Å². The number of amides is 1. The topological polar surface area (TPSA) is 84.6 Å². The molecule has 36 valence electrons. The maximum Gasteiger partial charge on any atom is 0.430 e. The Kier molecular flexibility index (Phi) is 2.10. The van der Waals surface area contributed by atoms with Crippen LogP contribution in [0.5, 0.6) is 0 Å². The Hall–Kier alpha value is -0.810. The lowest BCUT2D eigenvalue weighted by Gasteiger charge is -1.87. The van der Waals surface area contributed by atoms with E-state index in [0.717, 1.165) is 0 Å². The molecule has 0 aromatic carbocycles. The monoisotopic (exact) mass is 92.0 g/mol. The van der Waals surface area contributed by atoms with Crippen molar-refractivity contribution in [1.29, 1.82) is 0 Å². The van der Waals surface area contributed by atoms with Gasteiger partial charge in [-0.15, -0.1) is 0 Å². The van der Waals surface area contributed by atoms with Crippen LogP contribution in [0.2, 0.25) is 0 Å². The van der Waals surface area contributed by atoms with Crippen molar-refractivity contribution in [2.24, 2.45) is 5.90 Å². The van der Waals surface area contributed by atoms with E-state index < -0.39 is 6.09 Å². The summed E-state index contributed by atoms with van der Waals surface area (Å²) in [7, 11) is 0. The van der Waals surface area contributed by atoms with Crippen molar-refractivity contribution in [2.75, 3.05) is 0 Å². The van der Waals surface area contributed by atoms with Crippen LogP contribution < -0.4 is 11.4 Å². The van der Waals surface area contributed by atoms with E-state index in [-0.39, 0.29) is 0 Å².